The molecule has 0 aromatic carbocycles. The van der Waals surface area contributed by atoms with Crippen LogP contribution in [-0.2, 0) is 19.0 Å². The molecule has 1 N–H and O–H groups in total. The first kappa shape index (κ1) is 12.5. The van der Waals surface area contributed by atoms with Gasteiger partial charge in [0.05, 0.1) is 18.8 Å². The van der Waals surface area contributed by atoms with Gasteiger partial charge in [-0.05, 0) is 26.3 Å². The Bertz CT molecular complexity index is 347. The van der Waals surface area contributed by atoms with E-state index >= 15 is 0 Å². The third-order valence-corrected chi connectivity index (χ3v) is 2.92. The van der Waals surface area contributed by atoms with Gasteiger partial charge in [0.1, 0.15) is 6.10 Å². The van der Waals surface area contributed by atoms with Crippen molar-refractivity contribution in [3.8, 4) is 0 Å². The van der Waals surface area contributed by atoms with Gasteiger partial charge in [0, 0.05) is 12.5 Å². The molecule has 0 aromatic rings. The Balaban J connectivity index is 2.14. The number of carbonyl (C=O) groups is 1. The maximum absolute atomic E-state index is 11.4. The largest absolute Gasteiger partial charge is 0.463 e. The van der Waals surface area contributed by atoms with Crippen LogP contribution >= 0.6 is 0 Å². The van der Waals surface area contributed by atoms with Crippen molar-refractivity contribution in [2.45, 2.75) is 51.3 Å². The highest BCUT2D eigenvalue weighted by molar-refractivity contribution is 5.83. The SMILES string of the molecule is CCOC(=O)/C=C1/[C@H](O)C[C@H]2OC(C)(C)O[C@@H]12. The average Bonchev–Trinajstić information content (AvgIpc) is 2.62. The second-order valence-corrected chi connectivity index (χ2v) is 4.74. The van der Waals surface area contributed by atoms with E-state index in [0.717, 1.165) is 0 Å². The number of aliphatic hydroxyl groups is 1. The smallest absolute Gasteiger partial charge is 0.330 e. The molecule has 0 unspecified atom stereocenters. The van der Waals surface area contributed by atoms with E-state index in [2.05, 4.69) is 0 Å². The molecule has 1 aliphatic carbocycles. The van der Waals surface area contributed by atoms with Crippen LogP contribution in [0.2, 0.25) is 0 Å². The highest BCUT2D eigenvalue weighted by Gasteiger charge is 2.50. The fraction of sp³-hybridized carbons (Fsp3) is 0.750. The van der Waals surface area contributed by atoms with Gasteiger partial charge in [0.25, 0.3) is 0 Å². The fourth-order valence-electron chi connectivity index (χ4n) is 2.33. The lowest BCUT2D eigenvalue weighted by Gasteiger charge is -2.20. The highest BCUT2D eigenvalue weighted by atomic mass is 16.8. The molecule has 0 radical (unpaired) electrons. The summed E-state index contributed by atoms with van der Waals surface area (Å²) >= 11 is 0. The summed E-state index contributed by atoms with van der Waals surface area (Å²) in [5, 5.41) is 9.85. The standard InChI is InChI=1S/C12H18O5/c1-4-15-10(14)5-7-8(13)6-9-11(7)17-12(2,3)16-9/h5,8-9,11,13H,4,6H2,1-3H3/b7-5-/t8-,9-,11+/m1/s1. The van der Waals surface area contributed by atoms with Crippen molar-refractivity contribution in [3.05, 3.63) is 11.6 Å². The summed E-state index contributed by atoms with van der Waals surface area (Å²) in [6, 6.07) is 0. The third-order valence-electron chi connectivity index (χ3n) is 2.92. The van der Waals surface area contributed by atoms with Crippen molar-refractivity contribution in [2.24, 2.45) is 0 Å². The minimum Gasteiger partial charge on any atom is -0.463 e. The van der Waals surface area contributed by atoms with Crippen molar-refractivity contribution in [1.82, 2.24) is 0 Å². The van der Waals surface area contributed by atoms with Crippen molar-refractivity contribution < 1.29 is 24.1 Å². The molecule has 1 saturated carbocycles. The van der Waals surface area contributed by atoms with Gasteiger partial charge >= 0.3 is 5.97 Å². The molecule has 1 aliphatic heterocycles. The van der Waals surface area contributed by atoms with Gasteiger partial charge in [-0.15, -0.1) is 0 Å². The van der Waals surface area contributed by atoms with Crippen LogP contribution in [0.15, 0.2) is 11.6 Å². The minimum absolute atomic E-state index is 0.180. The molecule has 5 heteroatoms. The molecule has 96 valence electrons. The molecule has 0 aromatic heterocycles. The maximum atomic E-state index is 11.4. The zero-order valence-corrected chi connectivity index (χ0v) is 10.3. The van der Waals surface area contributed by atoms with Crippen LogP contribution in [0.3, 0.4) is 0 Å². The summed E-state index contributed by atoms with van der Waals surface area (Å²) < 4.78 is 16.1. The van der Waals surface area contributed by atoms with Crippen molar-refractivity contribution in [1.29, 1.82) is 0 Å². The van der Waals surface area contributed by atoms with Crippen LogP contribution in [0.25, 0.3) is 0 Å². The van der Waals surface area contributed by atoms with E-state index in [9.17, 15) is 9.90 Å². The lowest BCUT2D eigenvalue weighted by atomic mass is 10.1. The van der Waals surface area contributed by atoms with Crippen LogP contribution in [0, 0.1) is 0 Å². The molecule has 3 atom stereocenters. The monoisotopic (exact) mass is 242 g/mol. The first-order chi connectivity index (χ1) is 7.93. The predicted octanol–water partition coefficient (Wildman–Crippen LogP) is 0.761. The number of aliphatic hydroxyl groups excluding tert-OH is 1. The summed E-state index contributed by atoms with van der Waals surface area (Å²) in [6.07, 6.45) is 0.568. The van der Waals surface area contributed by atoms with E-state index in [4.69, 9.17) is 14.2 Å². The summed E-state index contributed by atoms with van der Waals surface area (Å²) in [4.78, 5) is 11.4. The number of fused-ring (bicyclic) bond motifs is 1. The van der Waals surface area contributed by atoms with E-state index in [-0.39, 0.29) is 12.2 Å². The van der Waals surface area contributed by atoms with Crippen LogP contribution in [-0.4, -0.2) is 41.8 Å². The lowest BCUT2D eigenvalue weighted by molar-refractivity contribution is -0.151. The molecule has 1 saturated heterocycles. The second-order valence-electron chi connectivity index (χ2n) is 4.74. The van der Waals surface area contributed by atoms with Crippen molar-refractivity contribution in [2.75, 3.05) is 6.61 Å². The number of rotatable bonds is 2. The van der Waals surface area contributed by atoms with Crippen molar-refractivity contribution >= 4 is 5.97 Å². The summed E-state index contributed by atoms with van der Waals surface area (Å²) in [6.45, 7) is 5.69. The Hall–Kier alpha value is -0.910. The molecule has 2 aliphatic rings. The predicted molar refractivity (Wildman–Crippen MR) is 59.2 cm³/mol. The molecule has 0 amide bonds. The molecular weight excluding hydrogens is 224 g/mol. The molecule has 5 nitrogen and oxygen atoms in total. The maximum Gasteiger partial charge on any atom is 0.330 e. The molecular formula is C12H18O5. The van der Waals surface area contributed by atoms with Gasteiger partial charge in [-0.3, -0.25) is 0 Å². The van der Waals surface area contributed by atoms with Gasteiger partial charge in [-0.1, -0.05) is 0 Å². The van der Waals surface area contributed by atoms with Crippen molar-refractivity contribution in [3.63, 3.8) is 0 Å². The lowest BCUT2D eigenvalue weighted by Crippen LogP contribution is -2.25. The Morgan fingerprint density at radius 3 is 2.94 bits per heavy atom. The molecule has 0 spiro atoms. The van der Waals surface area contributed by atoms with Crippen LogP contribution in [0.5, 0.6) is 0 Å². The normalized spacial score (nSPS) is 37.2. The summed E-state index contributed by atoms with van der Waals surface area (Å²) in [5.41, 5.74) is 0.555. The van der Waals surface area contributed by atoms with E-state index in [1.165, 1.54) is 6.08 Å². The average molecular weight is 242 g/mol. The third kappa shape index (κ3) is 2.51. The minimum atomic E-state index is -0.689. The molecule has 2 fully saturated rings. The fourth-order valence-corrected chi connectivity index (χ4v) is 2.33. The first-order valence-corrected chi connectivity index (χ1v) is 5.85. The van der Waals surface area contributed by atoms with Crippen LogP contribution in [0.1, 0.15) is 27.2 Å². The van der Waals surface area contributed by atoms with E-state index < -0.39 is 17.9 Å². The van der Waals surface area contributed by atoms with E-state index in [1.54, 1.807) is 6.92 Å². The number of hydrogen-bond donors (Lipinski definition) is 1. The Morgan fingerprint density at radius 1 is 1.59 bits per heavy atom. The molecule has 0 bridgehead atoms. The van der Waals surface area contributed by atoms with E-state index in [0.29, 0.717) is 18.6 Å². The van der Waals surface area contributed by atoms with Gasteiger partial charge in [0.2, 0.25) is 0 Å². The van der Waals surface area contributed by atoms with Gasteiger partial charge in [0.15, 0.2) is 5.79 Å². The first-order valence-electron chi connectivity index (χ1n) is 5.85. The van der Waals surface area contributed by atoms with Gasteiger partial charge in [-0.2, -0.15) is 0 Å². The second kappa shape index (κ2) is 4.40. The van der Waals surface area contributed by atoms with Crippen LogP contribution in [0.4, 0.5) is 0 Å². The number of hydrogen-bond acceptors (Lipinski definition) is 5. The summed E-state index contributed by atoms with van der Waals surface area (Å²) in [5.74, 6) is -1.11. The quantitative estimate of drug-likeness (QED) is 0.572. The van der Waals surface area contributed by atoms with E-state index in [1.807, 2.05) is 13.8 Å². The summed E-state index contributed by atoms with van der Waals surface area (Å²) in [7, 11) is 0. The Morgan fingerprint density at radius 2 is 2.29 bits per heavy atom. The van der Waals surface area contributed by atoms with Crippen LogP contribution < -0.4 is 0 Å². The topological polar surface area (TPSA) is 65.0 Å². The Kier molecular flexibility index (Phi) is 3.25. The molecule has 1 heterocycles. The molecule has 17 heavy (non-hydrogen) atoms. The highest BCUT2D eigenvalue weighted by Crippen LogP contribution is 2.41. The van der Waals surface area contributed by atoms with Gasteiger partial charge in [-0.25, -0.2) is 4.79 Å². The zero-order chi connectivity index (χ0) is 12.6. The zero-order valence-electron chi connectivity index (χ0n) is 10.3. The number of ether oxygens (including phenoxy) is 3. The molecule has 2 rings (SSSR count). The number of carbonyl (C=O) groups excluding carboxylic acids is 1. The Labute approximate surface area is 100 Å². The number of esters is 1. The van der Waals surface area contributed by atoms with Gasteiger partial charge < -0.3 is 19.3 Å².